The number of hydrogen-bond acceptors (Lipinski definition) is 8. The van der Waals surface area contributed by atoms with Crippen molar-refractivity contribution in [1.82, 2.24) is 0 Å². The first kappa shape index (κ1) is 50.5. The van der Waals surface area contributed by atoms with Crippen LogP contribution < -0.4 is 5.73 Å². The Hall–Kier alpha value is -2.52. The van der Waals surface area contributed by atoms with Crippen LogP contribution in [-0.2, 0) is 27.9 Å². The Kier molecular flexibility index (Phi) is 37.3. The van der Waals surface area contributed by atoms with E-state index in [-0.39, 0.29) is 32.8 Å². The Morgan fingerprint density at radius 3 is 1.91 bits per heavy atom. The second-order valence-corrected chi connectivity index (χ2v) is 14.5. The normalized spacial score (nSPS) is 15.0. The van der Waals surface area contributed by atoms with Crippen molar-refractivity contribution >= 4 is 13.8 Å². The molecule has 0 aliphatic heterocycles. The lowest BCUT2D eigenvalue weighted by atomic mass is 10.1. The number of ether oxygens (including phenoxy) is 2. The molecule has 0 aromatic heterocycles. The van der Waals surface area contributed by atoms with Crippen molar-refractivity contribution in [3.05, 3.63) is 85.3 Å². The highest BCUT2D eigenvalue weighted by Crippen LogP contribution is 2.43. The molecule has 0 aliphatic rings. The topological polar surface area (TPSA) is 138 Å². The molecule has 0 bridgehead atoms. The number of carbonyl (C=O) groups excluding carboxylic acids is 1. The van der Waals surface area contributed by atoms with E-state index in [1.54, 1.807) is 12.2 Å². The fraction of sp³-hybridized carbons (Fsp3) is 0.651. The van der Waals surface area contributed by atoms with Crippen LogP contribution in [0.25, 0.3) is 0 Å². The summed E-state index contributed by atoms with van der Waals surface area (Å²) < 4.78 is 33.0. The first-order chi connectivity index (χ1) is 25.8. The predicted molar refractivity (Wildman–Crippen MR) is 220 cm³/mol. The van der Waals surface area contributed by atoms with Crippen LogP contribution in [0.1, 0.15) is 142 Å². The molecule has 0 saturated carbocycles. The van der Waals surface area contributed by atoms with Crippen molar-refractivity contribution in [2.45, 2.75) is 154 Å². The summed E-state index contributed by atoms with van der Waals surface area (Å²) in [4.78, 5) is 22.2. The highest BCUT2D eigenvalue weighted by molar-refractivity contribution is 7.47. The quantitative estimate of drug-likeness (QED) is 0.0141. The van der Waals surface area contributed by atoms with Crippen molar-refractivity contribution in [2.24, 2.45) is 5.73 Å². The van der Waals surface area contributed by atoms with Gasteiger partial charge in [0.25, 0.3) is 0 Å². The molecule has 4 N–H and O–H groups in total. The molecule has 53 heavy (non-hydrogen) atoms. The van der Waals surface area contributed by atoms with Crippen LogP contribution in [-0.4, -0.2) is 54.5 Å². The Bertz CT molecular complexity index is 1100. The number of carbonyl (C=O) groups is 1. The van der Waals surface area contributed by atoms with Crippen molar-refractivity contribution in [2.75, 3.05) is 26.4 Å². The van der Waals surface area contributed by atoms with Crippen LogP contribution in [0.4, 0.5) is 0 Å². The van der Waals surface area contributed by atoms with Gasteiger partial charge in [0, 0.05) is 13.0 Å². The molecule has 0 spiro atoms. The number of aliphatic hydroxyl groups excluding tert-OH is 1. The van der Waals surface area contributed by atoms with E-state index in [9.17, 15) is 19.4 Å². The van der Waals surface area contributed by atoms with E-state index in [0.717, 1.165) is 51.4 Å². The molecular formula is C43H74NO8P. The lowest BCUT2D eigenvalue weighted by Gasteiger charge is -2.19. The minimum absolute atomic E-state index is 0.0685. The fourth-order valence-electron chi connectivity index (χ4n) is 4.94. The van der Waals surface area contributed by atoms with Crippen LogP contribution in [0.2, 0.25) is 0 Å². The number of nitrogens with two attached hydrogens (primary N) is 1. The molecule has 10 heteroatoms. The number of phosphoric ester groups is 1. The third-order valence-corrected chi connectivity index (χ3v) is 8.97. The van der Waals surface area contributed by atoms with E-state index in [1.165, 1.54) is 64.0 Å². The molecule has 0 rings (SSSR count). The van der Waals surface area contributed by atoms with Gasteiger partial charge >= 0.3 is 13.8 Å². The van der Waals surface area contributed by atoms with Gasteiger partial charge in [-0.1, -0.05) is 132 Å². The van der Waals surface area contributed by atoms with E-state index >= 15 is 0 Å². The summed E-state index contributed by atoms with van der Waals surface area (Å²) in [5, 5.41) is 10.2. The summed E-state index contributed by atoms with van der Waals surface area (Å²) in [6.45, 7) is 3.83. The third-order valence-electron chi connectivity index (χ3n) is 7.99. The summed E-state index contributed by atoms with van der Waals surface area (Å²) in [5.74, 6) is -0.457. The zero-order valence-corrected chi connectivity index (χ0v) is 34.0. The molecule has 3 atom stereocenters. The maximum absolute atomic E-state index is 12.4. The van der Waals surface area contributed by atoms with Gasteiger partial charge in [0.05, 0.1) is 25.6 Å². The summed E-state index contributed by atoms with van der Waals surface area (Å²) in [6, 6.07) is 0. The minimum Gasteiger partial charge on any atom is -0.492 e. The van der Waals surface area contributed by atoms with Crippen LogP contribution in [0, 0.1) is 0 Å². The Morgan fingerprint density at radius 2 is 1.28 bits per heavy atom. The standard InChI is InChI=1S/C43H74NO8P/c1-3-5-7-9-11-13-15-17-18-19-21-23-25-27-29-31-37-49-42(40-52-53(47,48)51-38-36-44)39-50-43(46)35-32-34-41(45)33-30-28-26-24-22-20-16-14-12-10-8-6-4-2/h6,8,12,14,17-18,20,22,26,28,30-31,33,37,41-42,45H,3-5,7,9-11,13,15-16,19,21,23-25,27,29,32,34-36,38-40,44H2,1-2H3,(H,47,48)/b8-6-,14-12-,18-17-,22-20-,28-26-,33-30+,37-31+/t41?,42-/m1/s1. The number of hydrogen-bond donors (Lipinski definition) is 3. The smallest absolute Gasteiger partial charge is 0.472 e. The van der Waals surface area contributed by atoms with Gasteiger partial charge in [-0.25, -0.2) is 4.57 Å². The minimum atomic E-state index is -4.32. The zero-order chi connectivity index (χ0) is 38.9. The molecule has 0 aliphatic carbocycles. The van der Waals surface area contributed by atoms with Gasteiger partial charge in [0.2, 0.25) is 0 Å². The number of esters is 1. The van der Waals surface area contributed by atoms with Gasteiger partial charge in [-0.2, -0.15) is 0 Å². The van der Waals surface area contributed by atoms with Crippen molar-refractivity contribution in [3.8, 4) is 0 Å². The maximum atomic E-state index is 12.4. The lowest BCUT2D eigenvalue weighted by Crippen LogP contribution is -2.25. The van der Waals surface area contributed by atoms with Gasteiger partial charge in [0.1, 0.15) is 6.61 Å². The molecule has 0 amide bonds. The first-order valence-corrected chi connectivity index (χ1v) is 21.7. The number of allylic oxidation sites excluding steroid dienone is 12. The highest BCUT2D eigenvalue weighted by Gasteiger charge is 2.24. The fourth-order valence-corrected chi connectivity index (χ4v) is 5.71. The largest absolute Gasteiger partial charge is 0.492 e. The second-order valence-electron chi connectivity index (χ2n) is 13.0. The lowest BCUT2D eigenvalue weighted by molar-refractivity contribution is -0.147. The molecule has 0 radical (unpaired) electrons. The molecule has 0 aromatic carbocycles. The van der Waals surface area contributed by atoms with E-state index in [2.05, 4.69) is 62.5 Å². The van der Waals surface area contributed by atoms with E-state index in [4.69, 9.17) is 24.3 Å². The number of unbranched alkanes of at least 4 members (excludes halogenated alkanes) is 11. The van der Waals surface area contributed by atoms with Crippen LogP contribution in [0.3, 0.4) is 0 Å². The van der Waals surface area contributed by atoms with Crippen molar-refractivity contribution in [3.63, 3.8) is 0 Å². The van der Waals surface area contributed by atoms with E-state index in [0.29, 0.717) is 12.8 Å². The second kappa shape index (κ2) is 39.2. The summed E-state index contributed by atoms with van der Waals surface area (Å²) in [7, 11) is -4.32. The SMILES string of the molecule is CC/C=C\C/C=C\C/C=C\C/C=C\C=C\C(O)CCCC(=O)OC[C@H](COP(=O)(O)OCCN)O/C=C/CCCCCC/C=C\CCCCCCCC. The Morgan fingerprint density at radius 1 is 0.698 bits per heavy atom. The Labute approximate surface area is 322 Å². The number of rotatable bonds is 37. The first-order valence-electron chi connectivity index (χ1n) is 20.2. The summed E-state index contributed by atoms with van der Waals surface area (Å²) >= 11 is 0. The van der Waals surface area contributed by atoms with Crippen LogP contribution >= 0.6 is 7.82 Å². The highest BCUT2D eigenvalue weighted by atomic mass is 31.2. The van der Waals surface area contributed by atoms with Gasteiger partial charge in [0.15, 0.2) is 6.10 Å². The monoisotopic (exact) mass is 764 g/mol. The maximum Gasteiger partial charge on any atom is 0.472 e. The molecule has 0 fully saturated rings. The van der Waals surface area contributed by atoms with Gasteiger partial charge in [-0.15, -0.1) is 0 Å². The molecule has 0 saturated heterocycles. The molecule has 2 unspecified atom stereocenters. The predicted octanol–water partition coefficient (Wildman–Crippen LogP) is 11.1. The molecule has 0 heterocycles. The van der Waals surface area contributed by atoms with E-state index in [1.807, 2.05) is 18.2 Å². The van der Waals surface area contributed by atoms with Gasteiger partial charge in [-0.05, 0) is 83.1 Å². The van der Waals surface area contributed by atoms with Crippen LogP contribution in [0.15, 0.2) is 85.3 Å². The zero-order valence-electron chi connectivity index (χ0n) is 33.1. The number of phosphoric acid groups is 1. The molecule has 9 nitrogen and oxygen atoms in total. The van der Waals surface area contributed by atoms with Crippen LogP contribution in [0.5, 0.6) is 0 Å². The van der Waals surface area contributed by atoms with E-state index < -0.39 is 26.0 Å². The average Bonchev–Trinajstić information content (AvgIpc) is 3.14. The summed E-state index contributed by atoms with van der Waals surface area (Å²) in [5.41, 5.74) is 5.35. The van der Waals surface area contributed by atoms with Gasteiger partial charge in [-0.3, -0.25) is 13.8 Å². The van der Waals surface area contributed by atoms with Crippen molar-refractivity contribution < 1.29 is 37.9 Å². The van der Waals surface area contributed by atoms with Gasteiger partial charge < -0.3 is 25.2 Å². The van der Waals surface area contributed by atoms with Crippen molar-refractivity contribution in [1.29, 1.82) is 0 Å². The molecular weight excluding hydrogens is 689 g/mol. The molecule has 0 aromatic rings. The Balaban J connectivity index is 4.36. The average molecular weight is 764 g/mol. The third kappa shape index (κ3) is 39.0. The number of aliphatic hydroxyl groups is 1. The summed E-state index contributed by atoms with van der Waals surface area (Å²) in [6.07, 6.45) is 47.3. The molecule has 304 valence electrons.